The molecule has 2 fully saturated rings. The maximum absolute atomic E-state index is 9.61. The van der Waals surface area contributed by atoms with E-state index in [0.717, 1.165) is 0 Å². The lowest BCUT2D eigenvalue weighted by molar-refractivity contribution is -0.155. The van der Waals surface area contributed by atoms with Crippen molar-refractivity contribution in [1.82, 2.24) is 0 Å². The Morgan fingerprint density at radius 1 is 1.09 bits per heavy atom. The third-order valence-corrected chi connectivity index (χ3v) is 4.37. The molecule has 0 saturated heterocycles. The average Bonchev–Trinajstić information content (AvgIpc) is 2.51. The first kappa shape index (κ1) is 7.60. The Kier molecular flexibility index (Phi) is 1.54. The van der Waals surface area contributed by atoms with Crippen molar-refractivity contribution < 1.29 is 5.11 Å². The SMILES string of the molecule is CC1C(O)C(C)C12CCCC2. The van der Waals surface area contributed by atoms with Gasteiger partial charge in [0, 0.05) is 0 Å². The zero-order chi connectivity index (χ0) is 8.06. The highest BCUT2D eigenvalue weighted by molar-refractivity contribution is 5.06. The minimum atomic E-state index is -0.00639. The highest BCUT2D eigenvalue weighted by Gasteiger charge is 2.57. The summed E-state index contributed by atoms with van der Waals surface area (Å²) < 4.78 is 0. The van der Waals surface area contributed by atoms with Gasteiger partial charge in [-0.15, -0.1) is 0 Å². The number of hydrogen-bond donors (Lipinski definition) is 1. The molecule has 0 aromatic heterocycles. The van der Waals surface area contributed by atoms with Gasteiger partial charge in [0.25, 0.3) is 0 Å². The van der Waals surface area contributed by atoms with E-state index < -0.39 is 0 Å². The summed E-state index contributed by atoms with van der Waals surface area (Å²) in [6, 6.07) is 0. The van der Waals surface area contributed by atoms with Gasteiger partial charge in [-0.2, -0.15) is 0 Å². The number of rotatable bonds is 0. The fraction of sp³-hybridized carbons (Fsp3) is 1.00. The highest BCUT2D eigenvalue weighted by atomic mass is 16.3. The van der Waals surface area contributed by atoms with Crippen molar-refractivity contribution in [1.29, 1.82) is 0 Å². The van der Waals surface area contributed by atoms with Gasteiger partial charge in [0.15, 0.2) is 0 Å². The smallest absolute Gasteiger partial charge is 0.0602 e. The molecule has 2 unspecified atom stereocenters. The molecule has 0 amide bonds. The maximum atomic E-state index is 9.61. The van der Waals surface area contributed by atoms with Crippen LogP contribution in [0.1, 0.15) is 39.5 Å². The van der Waals surface area contributed by atoms with Crippen LogP contribution in [0.2, 0.25) is 0 Å². The van der Waals surface area contributed by atoms with Gasteiger partial charge in [0.05, 0.1) is 6.10 Å². The van der Waals surface area contributed by atoms with E-state index in [-0.39, 0.29) is 6.10 Å². The summed E-state index contributed by atoms with van der Waals surface area (Å²) in [5, 5.41) is 9.61. The van der Waals surface area contributed by atoms with E-state index in [1.165, 1.54) is 25.7 Å². The molecule has 0 bridgehead atoms. The van der Waals surface area contributed by atoms with E-state index >= 15 is 0 Å². The largest absolute Gasteiger partial charge is 0.393 e. The summed E-state index contributed by atoms with van der Waals surface area (Å²) >= 11 is 0. The van der Waals surface area contributed by atoms with Crippen molar-refractivity contribution in [2.75, 3.05) is 0 Å². The maximum Gasteiger partial charge on any atom is 0.0602 e. The van der Waals surface area contributed by atoms with Crippen LogP contribution < -0.4 is 0 Å². The third kappa shape index (κ3) is 0.752. The van der Waals surface area contributed by atoms with Gasteiger partial charge in [0.1, 0.15) is 0 Å². The molecule has 2 aliphatic carbocycles. The monoisotopic (exact) mass is 154 g/mol. The lowest BCUT2D eigenvalue weighted by atomic mass is 9.51. The number of aliphatic hydroxyl groups excluding tert-OH is 1. The molecule has 1 spiro atoms. The second-order valence-electron chi connectivity index (χ2n) is 4.51. The molecule has 0 heterocycles. The van der Waals surface area contributed by atoms with Crippen LogP contribution in [0.5, 0.6) is 0 Å². The first-order valence-electron chi connectivity index (χ1n) is 4.86. The topological polar surface area (TPSA) is 20.2 Å². The summed E-state index contributed by atoms with van der Waals surface area (Å²) in [4.78, 5) is 0. The molecular formula is C10H18O. The van der Waals surface area contributed by atoms with Gasteiger partial charge in [-0.25, -0.2) is 0 Å². The van der Waals surface area contributed by atoms with Crippen LogP contribution in [-0.2, 0) is 0 Å². The minimum Gasteiger partial charge on any atom is -0.393 e. The van der Waals surface area contributed by atoms with Crippen LogP contribution in [0.25, 0.3) is 0 Å². The van der Waals surface area contributed by atoms with Crippen LogP contribution in [0, 0.1) is 17.3 Å². The molecule has 64 valence electrons. The van der Waals surface area contributed by atoms with Gasteiger partial charge < -0.3 is 5.11 Å². The van der Waals surface area contributed by atoms with Crippen molar-refractivity contribution in [3.05, 3.63) is 0 Å². The van der Waals surface area contributed by atoms with E-state index in [9.17, 15) is 5.11 Å². The molecular weight excluding hydrogens is 136 g/mol. The average molecular weight is 154 g/mol. The first-order chi connectivity index (χ1) is 5.18. The molecule has 2 saturated carbocycles. The molecule has 0 aromatic carbocycles. The summed E-state index contributed by atoms with van der Waals surface area (Å²) in [6.07, 6.45) is 5.51. The fourth-order valence-electron chi connectivity index (χ4n) is 3.35. The Morgan fingerprint density at radius 3 is 2.00 bits per heavy atom. The lowest BCUT2D eigenvalue weighted by Gasteiger charge is -2.56. The summed E-state index contributed by atoms with van der Waals surface area (Å²) in [7, 11) is 0. The Bertz CT molecular complexity index is 146. The van der Waals surface area contributed by atoms with Crippen LogP contribution >= 0.6 is 0 Å². The molecule has 1 heteroatoms. The van der Waals surface area contributed by atoms with Crippen molar-refractivity contribution in [3.63, 3.8) is 0 Å². The second kappa shape index (κ2) is 2.22. The Balaban J connectivity index is 2.14. The quantitative estimate of drug-likeness (QED) is 0.567. The lowest BCUT2D eigenvalue weighted by Crippen LogP contribution is -2.56. The summed E-state index contributed by atoms with van der Waals surface area (Å²) in [5.41, 5.74) is 0.555. The van der Waals surface area contributed by atoms with E-state index in [1.54, 1.807) is 0 Å². The molecule has 1 nitrogen and oxygen atoms in total. The normalized spacial score (nSPS) is 47.7. The van der Waals surface area contributed by atoms with E-state index in [4.69, 9.17) is 0 Å². The van der Waals surface area contributed by atoms with Gasteiger partial charge in [-0.1, -0.05) is 26.7 Å². The Morgan fingerprint density at radius 2 is 1.55 bits per heavy atom. The molecule has 11 heavy (non-hydrogen) atoms. The summed E-state index contributed by atoms with van der Waals surface area (Å²) in [6.45, 7) is 4.44. The van der Waals surface area contributed by atoms with Crippen LogP contribution in [0.15, 0.2) is 0 Å². The van der Waals surface area contributed by atoms with Crippen LogP contribution in [0.3, 0.4) is 0 Å². The predicted octanol–water partition coefficient (Wildman–Crippen LogP) is 2.19. The van der Waals surface area contributed by atoms with Crippen molar-refractivity contribution >= 4 is 0 Å². The molecule has 0 radical (unpaired) electrons. The summed E-state index contributed by atoms with van der Waals surface area (Å²) in [5.74, 6) is 1.14. The van der Waals surface area contributed by atoms with Gasteiger partial charge >= 0.3 is 0 Å². The molecule has 2 atom stereocenters. The Labute approximate surface area is 68.8 Å². The Hall–Kier alpha value is -0.0400. The first-order valence-corrected chi connectivity index (χ1v) is 4.86. The number of hydrogen-bond acceptors (Lipinski definition) is 1. The molecule has 2 rings (SSSR count). The molecule has 0 aromatic rings. The predicted molar refractivity (Wildman–Crippen MR) is 45.2 cm³/mol. The van der Waals surface area contributed by atoms with E-state index in [0.29, 0.717) is 17.3 Å². The van der Waals surface area contributed by atoms with E-state index in [1.807, 2.05) is 0 Å². The van der Waals surface area contributed by atoms with Crippen LogP contribution in [-0.4, -0.2) is 11.2 Å². The second-order valence-corrected chi connectivity index (χ2v) is 4.51. The molecule has 0 aliphatic heterocycles. The third-order valence-electron chi connectivity index (χ3n) is 4.37. The van der Waals surface area contributed by atoms with E-state index in [2.05, 4.69) is 13.8 Å². The minimum absolute atomic E-state index is 0.00639. The van der Waals surface area contributed by atoms with Gasteiger partial charge in [0.2, 0.25) is 0 Å². The molecule has 2 aliphatic rings. The van der Waals surface area contributed by atoms with Crippen LogP contribution in [0.4, 0.5) is 0 Å². The fourth-order valence-corrected chi connectivity index (χ4v) is 3.35. The van der Waals surface area contributed by atoms with Crippen molar-refractivity contribution in [3.8, 4) is 0 Å². The van der Waals surface area contributed by atoms with Gasteiger partial charge in [-0.3, -0.25) is 0 Å². The number of aliphatic hydroxyl groups is 1. The zero-order valence-electron chi connectivity index (χ0n) is 7.51. The highest BCUT2D eigenvalue weighted by Crippen LogP contribution is 2.60. The van der Waals surface area contributed by atoms with Crippen molar-refractivity contribution in [2.45, 2.75) is 45.6 Å². The molecule has 1 N–H and O–H groups in total. The standard InChI is InChI=1S/C10H18O/c1-7-9(11)8(2)10(7)5-3-4-6-10/h7-9,11H,3-6H2,1-2H3. The van der Waals surface area contributed by atoms with Crippen molar-refractivity contribution in [2.24, 2.45) is 17.3 Å². The zero-order valence-corrected chi connectivity index (χ0v) is 7.51. The van der Waals surface area contributed by atoms with Gasteiger partial charge in [-0.05, 0) is 30.1 Å².